The van der Waals surface area contributed by atoms with Gasteiger partial charge in [0.05, 0.1) is 0 Å². The highest BCUT2D eigenvalue weighted by Crippen LogP contribution is 2.35. The van der Waals surface area contributed by atoms with Crippen LogP contribution in [0.2, 0.25) is 0 Å². The topological polar surface area (TPSA) is 24.1 Å². The van der Waals surface area contributed by atoms with Gasteiger partial charge in [-0.25, -0.2) is 0 Å². The van der Waals surface area contributed by atoms with Gasteiger partial charge < -0.3 is 10.6 Å². The van der Waals surface area contributed by atoms with Crippen molar-refractivity contribution in [2.75, 3.05) is 19.6 Å². The number of hydrogen-bond donors (Lipinski definition) is 2. The van der Waals surface area contributed by atoms with Gasteiger partial charge in [0.1, 0.15) is 0 Å². The average molecular weight is 261 g/mol. The van der Waals surface area contributed by atoms with Gasteiger partial charge in [0.25, 0.3) is 0 Å². The summed E-state index contributed by atoms with van der Waals surface area (Å²) in [7, 11) is 0. The fraction of sp³-hybridized carbons (Fsp3) is 1.00. The number of piperidine rings is 1. The van der Waals surface area contributed by atoms with E-state index in [1.165, 1.54) is 58.2 Å². The van der Waals surface area contributed by atoms with Crippen LogP contribution in [0.1, 0.15) is 52.4 Å². The molecule has 0 amide bonds. The highest BCUT2D eigenvalue weighted by Gasteiger charge is 2.32. The molecule has 2 N–H and O–H groups in total. The molecule has 1 aliphatic carbocycles. The maximum atomic E-state index is 3.85. The van der Waals surface area contributed by atoms with E-state index in [0.717, 1.165) is 12.0 Å². The molecule has 3 heteroatoms. The molecular weight excluding hydrogens is 232 g/mol. The van der Waals surface area contributed by atoms with Crippen molar-refractivity contribution in [2.24, 2.45) is 11.3 Å². The van der Waals surface area contributed by atoms with Crippen molar-refractivity contribution in [1.82, 2.24) is 10.6 Å². The number of rotatable bonds is 3. The first kappa shape index (κ1) is 15.3. The summed E-state index contributed by atoms with van der Waals surface area (Å²) in [5.41, 5.74) is 0.519. The van der Waals surface area contributed by atoms with Crippen molar-refractivity contribution in [3.05, 3.63) is 0 Å². The lowest BCUT2D eigenvalue weighted by atomic mass is 9.73. The van der Waals surface area contributed by atoms with Crippen molar-refractivity contribution in [3.8, 4) is 0 Å². The first-order chi connectivity index (χ1) is 7.68. The lowest BCUT2D eigenvalue weighted by Crippen LogP contribution is -2.46. The second-order valence-corrected chi connectivity index (χ2v) is 6.39. The molecular formula is C14H29ClN2. The monoisotopic (exact) mass is 260 g/mol. The van der Waals surface area contributed by atoms with E-state index < -0.39 is 0 Å². The van der Waals surface area contributed by atoms with Crippen molar-refractivity contribution >= 4 is 12.4 Å². The van der Waals surface area contributed by atoms with Crippen molar-refractivity contribution in [3.63, 3.8) is 0 Å². The van der Waals surface area contributed by atoms with Crippen LogP contribution in [0.3, 0.4) is 0 Å². The van der Waals surface area contributed by atoms with E-state index in [1.807, 2.05) is 0 Å². The Labute approximate surface area is 113 Å². The molecule has 0 aromatic carbocycles. The Hall–Kier alpha value is 0.210. The molecule has 1 saturated heterocycles. The lowest BCUT2D eigenvalue weighted by molar-refractivity contribution is 0.159. The van der Waals surface area contributed by atoms with E-state index in [-0.39, 0.29) is 12.4 Å². The second-order valence-electron chi connectivity index (χ2n) is 6.39. The maximum Gasteiger partial charge on any atom is 0.0118 e. The second kappa shape index (κ2) is 6.96. The average Bonchev–Trinajstić information content (AvgIpc) is 2.28. The zero-order valence-electron chi connectivity index (χ0n) is 11.4. The third-order valence-electron chi connectivity index (χ3n) is 4.62. The first-order valence-electron chi connectivity index (χ1n) is 7.12. The molecule has 102 valence electrons. The summed E-state index contributed by atoms with van der Waals surface area (Å²) >= 11 is 0. The van der Waals surface area contributed by atoms with Gasteiger partial charge >= 0.3 is 0 Å². The molecule has 0 spiro atoms. The van der Waals surface area contributed by atoms with Gasteiger partial charge in [-0.1, -0.05) is 26.7 Å². The van der Waals surface area contributed by atoms with Gasteiger partial charge in [-0.3, -0.25) is 0 Å². The molecule has 1 heterocycles. The minimum Gasteiger partial charge on any atom is -0.317 e. The van der Waals surface area contributed by atoms with E-state index in [1.54, 1.807) is 0 Å². The van der Waals surface area contributed by atoms with Gasteiger partial charge in [0.15, 0.2) is 0 Å². The van der Waals surface area contributed by atoms with Crippen LogP contribution >= 0.6 is 12.4 Å². The highest BCUT2D eigenvalue weighted by atomic mass is 35.5. The smallest absolute Gasteiger partial charge is 0.0118 e. The summed E-state index contributed by atoms with van der Waals surface area (Å²) in [4.78, 5) is 0. The van der Waals surface area contributed by atoms with Crippen LogP contribution in [0.4, 0.5) is 0 Å². The van der Waals surface area contributed by atoms with Gasteiger partial charge in [0, 0.05) is 6.04 Å². The Morgan fingerprint density at radius 1 is 1.12 bits per heavy atom. The van der Waals surface area contributed by atoms with Crippen molar-refractivity contribution in [1.29, 1.82) is 0 Å². The maximum absolute atomic E-state index is 3.85. The Kier molecular flexibility index (Phi) is 6.25. The zero-order chi connectivity index (χ0) is 11.4. The number of halogens is 1. The standard InChI is InChI=1S/C14H28N2.ClH/c1-14(2)8-4-3-5-13(14)16-11-12-6-9-15-10-7-12;/h12-13,15-16H,3-11H2,1-2H3;1H. The Bertz CT molecular complexity index is 212. The summed E-state index contributed by atoms with van der Waals surface area (Å²) < 4.78 is 0. The van der Waals surface area contributed by atoms with Gasteiger partial charge in [-0.2, -0.15) is 0 Å². The first-order valence-corrected chi connectivity index (χ1v) is 7.12. The molecule has 2 fully saturated rings. The van der Waals surface area contributed by atoms with Gasteiger partial charge in [-0.05, 0) is 56.7 Å². The molecule has 0 radical (unpaired) electrons. The summed E-state index contributed by atoms with van der Waals surface area (Å²) in [5.74, 6) is 0.916. The van der Waals surface area contributed by atoms with Crippen LogP contribution in [0.5, 0.6) is 0 Å². The van der Waals surface area contributed by atoms with Crippen LogP contribution in [0, 0.1) is 11.3 Å². The molecule has 0 aromatic heterocycles. The number of nitrogens with one attached hydrogen (secondary N) is 2. The molecule has 2 rings (SSSR count). The Morgan fingerprint density at radius 2 is 1.82 bits per heavy atom. The minimum atomic E-state index is 0. The van der Waals surface area contributed by atoms with E-state index in [2.05, 4.69) is 24.5 Å². The zero-order valence-corrected chi connectivity index (χ0v) is 12.2. The quantitative estimate of drug-likeness (QED) is 0.815. The van der Waals surface area contributed by atoms with Crippen LogP contribution in [0.25, 0.3) is 0 Å². The molecule has 1 atom stereocenters. The van der Waals surface area contributed by atoms with Crippen LogP contribution < -0.4 is 10.6 Å². The number of hydrogen-bond acceptors (Lipinski definition) is 2. The summed E-state index contributed by atoms with van der Waals surface area (Å²) in [6.45, 7) is 8.56. The van der Waals surface area contributed by atoms with E-state index in [0.29, 0.717) is 5.41 Å². The lowest BCUT2D eigenvalue weighted by Gasteiger charge is -2.40. The third kappa shape index (κ3) is 4.42. The van der Waals surface area contributed by atoms with Crippen molar-refractivity contribution in [2.45, 2.75) is 58.4 Å². The summed E-state index contributed by atoms with van der Waals surface area (Å²) in [6, 6.07) is 0.760. The molecule has 1 saturated carbocycles. The predicted octanol–water partition coefficient (Wildman–Crippen LogP) is 2.97. The predicted molar refractivity (Wildman–Crippen MR) is 76.9 cm³/mol. The fourth-order valence-corrected chi connectivity index (χ4v) is 3.27. The van der Waals surface area contributed by atoms with Gasteiger partial charge in [0.2, 0.25) is 0 Å². The molecule has 1 aliphatic heterocycles. The fourth-order valence-electron chi connectivity index (χ4n) is 3.27. The molecule has 0 bridgehead atoms. The molecule has 17 heavy (non-hydrogen) atoms. The van der Waals surface area contributed by atoms with Crippen LogP contribution in [-0.2, 0) is 0 Å². The molecule has 2 nitrogen and oxygen atoms in total. The summed E-state index contributed by atoms with van der Waals surface area (Å²) in [6.07, 6.45) is 8.36. The van der Waals surface area contributed by atoms with E-state index >= 15 is 0 Å². The molecule has 1 unspecified atom stereocenters. The van der Waals surface area contributed by atoms with Crippen molar-refractivity contribution < 1.29 is 0 Å². The highest BCUT2D eigenvalue weighted by molar-refractivity contribution is 5.85. The SMILES string of the molecule is CC1(C)CCCCC1NCC1CCNCC1.Cl. The Morgan fingerprint density at radius 3 is 2.47 bits per heavy atom. The normalized spacial score (nSPS) is 29.6. The molecule has 0 aromatic rings. The van der Waals surface area contributed by atoms with Crippen LogP contribution in [0.15, 0.2) is 0 Å². The van der Waals surface area contributed by atoms with E-state index in [9.17, 15) is 0 Å². The van der Waals surface area contributed by atoms with Crippen LogP contribution in [-0.4, -0.2) is 25.7 Å². The largest absolute Gasteiger partial charge is 0.317 e. The molecule has 2 aliphatic rings. The van der Waals surface area contributed by atoms with Gasteiger partial charge in [-0.15, -0.1) is 12.4 Å². The van der Waals surface area contributed by atoms with E-state index in [4.69, 9.17) is 0 Å². The third-order valence-corrected chi connectivity index (χ3v) is 4.62. The minimum absolute atomic E-state index is 0. The Balaban J connectivity index is 0.00000144. The summed E-state index contributed by atoms with van der Waals surface area (Å²) in [5, 5.41) is 7.29.